The van der Waals surface area contributed by atoms with Gasteiger partial charge in [0, 0.05) is 16.1 Å². The lowest BCUT2D eigenvalue weighted by molar-refractivity contribution is -0.132. The first kappa shape index (κ1) is 23.8. The summed E-state index contributed by atoms with van der Waals surface area (Å²) in [6, 6.07) is 14.2. The van der Waals surface area contributed by atoms with Crippen molar-refractivity contribution in [3.8, 4) is 11.5 Å². The summed E-state index contributed by atoms with van der Waals surface area (Å²) in [4.78, 5) is 32.5. The van der Waals surface area contributed by atoms with E-state index >= 15 is 0 Å². The van der Waals surface area contributed by atoms with Gasteiger partial charge in [0.05, 0.1) is 30.0 Å². The molecular weight excluding hydrogens is 507 g/mol. The Morgan fingerprint density at radius 3 is 2.53 bits per heavy atom. The minimum absolute atomic E-state index is 0.153. The average Bonchev–Trinajstić information content (AvgIpc) is 3.40. The Bertz CT molecular complexity index is 1550. The van der Waals surface area contributed by atoms with E-state index in [0.717, 1.165) is 11.3 Å². The zero-order chi connectivity index (χ0) is 25.6. The maximum absolute atomic E-state index is 13.8. The van der Waals surface area contributed by atoms with E-state index in [2.05, 4.69) is 4.98 Å². The number of aliphatic hydroxyl groups excluding tert-OH is 1. The van der Waals surface area contributed by atoms with Crippen molar-refractivity contribution in [1.82, 2.24) is 4.98 Å². The number of ether oxygens (including phenoxy) is 2. The van der Waals surface area contributed by atoms with Gasteiger partial charge in [-0.3, -0.25) is 14.5 Å². The van der Waals surface area contributed by atoms with Crippen molar-refractivity contribution in [2.45, 2.75) is 6.04 Å². The summed E-state index contributed by atoms with van der Waals surface area (Å²) in [7, 11) is 2.90. The van der Waals surface area contributed by atoms with E-state index in [1.54, 1.807) is 42.5 Å². The molecule has 10 heteroatoms. The Kier molecular flexibility index (Phi) is 6.11. The zero-order valence-electron chi connectivity index (χ0n) is 19.0. The maximum atomic E-state index is 13.8. The van der Waals surface area contributed by atoms with Gasteiger partial charge >= 0.3 is 5.91 Å². The van der Waals surface area contributed by atoms with Crippen LogP contribution in [0.25, 0.3) is 16.0 Å². The van der Waals surface area contributed by atoms with Crippen molar-refractivity contribution in [3.05, 3.63) is 88.2 Å². The highest BCUT2D eigenvalue weighted by molar-refractivity contribution is 7.22. The summed E-state index contributed by atoms with van der Waals surface area (Å²) in [5.41, 5.74) is 1.01. The van der Waals surface area contributed by atoms with Gasteiger partial charge in [-0.05, 0) is 48.5 Å². The number of thiazole rings is 1. The van der Waals surface area contributed by atoms with E-state index in [1.807, 2.05) is 0 Å². The fraction of sp³-hybridized carbons (Fsp3) is 0.115. The number of carbonyl (C=O) groups is 2. The van der Waals surface area contributed by atoms with Crippen molar-refractivity contribution in [2.75, 3.05) is 19.1 Å². The van der Waals surface area contributed by atoms with Gasteiger partial charge < -0.3 is 14.6 Å². The fourth-order valence-corrected chi connectivity index (χ4v) is 5.35. The molecule has 182 valence electrons. The van der Waals surface area contributed by atoms with E-state index in [0.29, 0.717) is 32.1 Å². The average molecular weight is 525 g/mol. The third kappa shape index (κ3) is 3.86. The van der Waals surface area contributed by atoms with Crippen LogP contribution in [0.3, 0.4) is 0 Å². The topological polar surface area (TPSA) is 89.0 Å². The second-order valence-corrected chi connectivity index (χ2v) is 9.31. The van der Waals surface area contributed by atoms with Crippen LogP contribution < -0.4 is 14.4 Å². The van der Waals surface area contributed by atoms with Crippen LogP contribution in [0.5, 0.6) is 11.5 Å². The molecule has 36 heavy (non-hydrogen) atoms. The van der Waals surface area contributed by atoms with Gasteiger partial charge in [0.15, 0.2) is 16.6 Å². The number of ketones is 1. The van der Waals surface area contributed by atoms with Gasteiger partial charge in [-0.1, -0.05) is 35.1 Å². The molecule has 1 aromatic heterocycles. The standard InChI is InChI=1S/C26H18ClFN2O5S/c1-34-18-5-3-4-16(24(18)35-2)21-20(22(31)13-6-8-14(27)9-7-13)23(32)25(33)30(21)26-29-17-11-10-15(28)12-19(17)36-26/h3-12,21,31H,1-2H3/t21-/m0/s1. The Labute approximate surface area is 214 Å². The predicted octanol–water partition coefficient (Wildman–Crippen LogP) is 5.73. The molecule has 3 aromatic carbocycles. The minimum atomic E-state index is -1.10. The van der Waals surface area contributed by atoms with E-state index < -0.39 is 23.5 Å². The van der Waals surface area contributed by atoms with Crippen LogP contribution >= 0.6 is 22.9 Å². The van der Waals surface area contributed by atoms with E-state index in [9.17, 15) is 19.1 Å². The van der Waals surface area contributed by atoms with Crippen LogP contribution in [0, 0.1) is 5.82 Å². The largest absolute Gasteiger partial charge is 0.507 e. The van der Waals surface area contributed by atoms with Gasteiger partial charge in [-0.2, -0.15) is 0 Å². The molecule has 1 N–H and O–H groups in total. The van der Waals surface area contributed by atoms with E-state index in [1.165, 1.54) is 37.3 Å². The molecule has 0 saturated carbocycles. The number of benzene rings is 3. The zero-order valence-corrected chi connectivity index (χ0v) is 20.6. The molecule has 7 nitrogen and oxygen atoms in total. The normalized spacial score (nSPS) is 17.1. The Morgan fingerprint density at radius 2 is 1.83 bits per heavy atom. The van der Waals surface area contributed by atoms with Crippen LogP contribution in [0.4, 0.5) is 9.52 Å². The van der Waals surface area contributed by atoms with Crippen molar-refractivity contribution in [3.63, 3.8) is 0 Å². The number of para-hydroxylation sites is 1. The molecule has 2 heterocycles. The van der Waals surface area contributed by atoms with Crippen LogP contribution in [0.15, 0.2) is 66.2 Å². The van der Waals surface area contributed by atoms with Crippen molar-refractivity contribution < 1.29 is 28.6 Å². The number of nitrogens with zero attached hydrogens (tertiary/aromatic N) is 2. The molecule has 5 rings (SSSR count). The molecule has 1 amide bonds. The molecule has 1 fully saturated rings. The SMILES string of the molecule is COc1cccc([C@H]2C(=C(O)c3ccc(Cl)cc3)C(=O)C(=O)N2c2nc3ccc(F)cc3s2)c1OC. The number of hydrogen-bond donors (Lipinski definition) is 1. The van der Waals surface area contributed by atoms with Crippen molar-refractivity contribution in [2.24, 2.45) is 0 Å². The van der Waals surface area contributed by atoms with E-state index in [4.69, 9.17) is 21.1 Å². The summed E-state index contributed by atoms with van der Waals surface area (Å²) in [5, 5.41) is 11.9. The first-order valence-corrected chi connectivity index (χ1v) is 11.9. The summed E-state index contributed by atoms with van der Waals surface area (Å²) >= 11 is 7.04. The monoisotopic (exact) mass is 524 g/mol. The lowest BCUT2D eigenvalue weighted by Gasteiger charge is -2.25. The number of anilines is 1. The summed E-state index contributed by atoms with van der Waals surface area (Å²) in [6.07, 6.45) is 0. The molecule has 1 aliphatic rings. The number of aliphatic hydroxyl groups is 1. The van der Waals surface area contributed by atoms with Gasteiger partial charge in [-0.25, -0.2) is 9.37 Å². The first-order chi connectivity index (χ1) is 17.3. The highest BCUT2D eigenvalue weighted by Crippen LogP contribution is 2.48. The number of amides is 1. The summed E-state index contributed by atoms with van der Waals surface area (Å²) < 4.78 is 25.4. The van der Waals surface area contributed by atoms with Crippen molar-refractivity contribution in [1.29, 1.82) is 0 Å². The van der Waals surface area contributed by atoms with Gasteiger partial charge in [0.1, 0.15) is 17.6 Å². The third-order valence-electron chi connectivity index (χ3n) is 5.84. The molecule has 1 saturated heterocycles. The van der Waals surface area contributed by atoms with Gasteiger partial charge in [-0.15, -0.1) is 0 Å². The number of hydrogen-bond acceptors (Lipinski definition) is 7. The fourth-order valence-electron chi connectivity index (χ4n) is 4.20. The second-order valence-electron chi connectivity index (χ2n) is 7.87. The lowest BCUT2D eigenvalue weighted by atomic mass is 9.94. The molecule has 4 aromatic rings. The maximum Gasteiger partial charge on any atom is 0.301 e. The summed E-state index contributed by atoms with van der Waals surface area (Å²) in [5.74, 6) is -1.96. The molecule has 0 radical (unpaired) electrons. The molecule has 0 aliphatic carbocycles. The second kappa shape index (κ2) is 9.25. The Balaban J connectivity index is 1.79. The molecule has 0 unspecified atom stereocenters. The first-order valence-electron chi connectivity index (χ1n) is 10.7. The molecule has 1 atom stereocenters. The number of fused-ring (bicyclic) bond motifs is 1. The predicted molar refractivity (Wildman–Crippen MR) is 135 cm³/mol. The molecular formula is C26H18ClFN2O5S. The number of carbonyl (C=O) groups excluding carboxylic acids is 2. The van der Waals surface area contributed by atoms with Gasteiger partial charge in [0.25, 0.3) is 5.78 Å². The van der Waals surface area contributed by atoms with Crippen LogP contribution in [-0.2, 0) is 9.59 Å². The molecule has 0 spiro atoms. The number of aromatic nitrogens is 1. The molecule has 0 bridgehead atoms. The van der Waals surface area contributed by atoms with Crippen molar-refractivity contribution >= 4 is 55.7 Å². The minimum Gasteiger partial charge on any atom is -0.507 e. The number of methoxy groups -OCH3 is 2. The smallest absolute Gasteiger partial charge is 0.301 e. The molecule has 1 aliphatic heterocycles. The third-order valence-corrected chi connectivity index (χ3v) is 7.10. The Hall–Kier alpha value is -3.95. The van der Waals surface area contributed by atoms with Gasteiger partial charge in [0.2, 0.25) is 0 Å². The number of Topliss-reactive ketones (excluding diaryl/α,β-unsaturated/α-hetero) is 1. The summed E-state index contributed by atoms with van der Waals surface area (Å²) in [6.45, 7) is 0. The van der Waals surface area contributed by atoms with Crippen LogP contribution in [-0.4, -0.2) is 36.0 Å². The van der Waals surface area contributed by atoms with Crippen LogP contribution in [0.2, 0.25) is 5.02 Å². The Morgan fingerprint density at radius 1 is 1.08 bits per heavy atom. The highest BCUT2D eigenvalue weighted by Gasteiger charge is 2.49. The van der Waals surface area contributed by atoms with Crippen LogP contribution in [0.1, 0.15) is 17.2 Å². The van der Waals surface area contributed by atoms with E-state index in [-0.39, 0.29) is 22.2 Å². The number of halogens is 2. The number of rotatable bonds is 5. The highest BCUT2D eigenvalue weighted by atomic mass is 35.5. The quantitative estimate of drug-likeness (QED) is 0.204. The lowest BCUT2D eigenvalue weighted by Crippen LogP contribution is -2.29.